The fourth-order valence-corrected chi connectivity index (χ4v) is 5.70. The molecule has 1 heterocycles. The summed E-state index contributed by atoms with van der Waals surface area (Å²) in [6.45, 7) is 5.47. The summed E-state index contributed by atoms with van der Waals surface area (Å²) in [4.78, 5) is 59.4. The molecule has 308 valence electrons. The summed E-state index contributed by atoms with van der Waals surface area (Å²) in [5.41, 5.74) is 13.0. The third-order valence-electron chi connectivity index (χ3n) is 8.48. The number of nitrogens with zero attached hydrogens (tertiary/aromatic N) is 2. The number of benzene rings is 2. The number of alkyl halides is 3. The minimum Gasteiger partial charge on any atom is -0.480 e. The Labute approximate surface area is 320 Å². The highest BCUT2D eigenvalue weighted by Crippen LogP contribution is 2.41. The summed E-state index contributed by atoms with van der Waals surface area (Å²) in [5.74, 6) is -6.39. The average molecular weight is 798 g/mol. The molecule has 2 aromatic carbocycles. The second-order valence-electron chi connectivity index (χ2n) is 14.0. The maximum absolute atomic E-state index is 15.0. The van der Waals surface area contributed by atoms with Crippen LogP contribution in [-0.2, 0) is 30.5 Å². The number of amides is 2. The molecule has 8 N–H and O–H groups in total. The number of hydrogen-bond acceptors (Lipinski definition) is 8. The Morgan fingerprint density at radius 1 is 0.893 bits per heavy atom. The smallest absolute Gasteiger partial charge is 0.480 e. The van der Waals surface area contributed by atoms with Crippen molar-refractivity contribution in [1.29, 1.82) is 0 Å². The minimum absolute atomic E-state index is 0.00158. The molecule has 0 fully saturated rings. The number of nitrogens with two attached hydrogens (primary N) is 2. The third kappa shape index (κ3) is 14.8. The summed E-state index contributed by atoms with van der Waals surface area (Å²) in [6, 6.07) is 11.6. The number of Topliss-reactive ketones (excluding diaryl/α,β-unsaturated/α-hetero) is 1. The fraction of sp³-hybridized carbons (Fsp3) is 0.447. The summed E-state index contributed by atoms with van der Waals surface area (Å²) >= 11 is 0. The van der Waals surface area contributed by atoms with E-state index in [0.29, 0.717) is 24.2 Å². The summed E-state index contributed by atoms with van der Waals surface area (Å²) in [7, 11) is 0. The van der Waals surface area contributed by atoms with E-state index in [-0.39, 0.29) is 50.1 Å². The molecule has 0 aliphatic carbocycles. The van der Waals surface area contributed by atoms with Crippen molar-refractivity contribution in [3.05, 3.63) is 83.7 Å². The van der Waals surface area contributed by atoms with E-state index in [1.165, 1.54) is 4.90 Å². The van der Waals surface area contributed by atoms with Crippen molar-refractivity contribution in [2.24, 2.45) is 16.9 Å². The monoisotopic (exact) mass is 797 g/mol. The molecule has 3 aromatic rings. The maximum atomic E-state index is 15.0. The molecular weight excluding hydrogens is 749 g/mol. The molecule has 0 saturated heterocycles. The highest BCUT2D eigenvalue weighted by atomic mass is 19.4. The quantitative estimate of drug-likeness (QED) is 0.0788. The first-order valence-electron chi connectivity index (χ1n) is 17.5. The lowest BCUT2D eigenvalue weighted by Gasteiger charge is -2.41. The normalized spacial score (nSPS) is 13.1. The Bertz CT molecular complexity index is 1800. The molecular formula is C38H48F5N5O8. The number of nitrogens with one attached hydrogen (secondary N) is 1. The van der Waals surface area contributed by atoms with Gasteiger partial charge in [0.25, 0.3) is 0 Å². The number of carbonyl (C=O) groups excluding carboxylic acids is 3. The number of carbonyl (C=O) groups is 5. The van der Waals surface area contributed by atoms with Gasteiger partial charge in [0.05, 0.1) is 12.1 Å². The SMILES string of the molecule is CC(C)(C)[C@H](c1cc(-c2cc(F)ccc2F)cn1Cc1ccccc1)N(CC[C@H](N)C(=O)NCCCC(=O)CC[C@H](N)C(=O)O)C(=O)CO.O=C(O)C(F)(F)F. The lowest BCUT2D eigenvalue weighted by Crippen LogP contribution is -2.47. The zero-order valence-corrected chi connectivity index (χ0v) is 31.2. The van der Waals surface area contributed by atoms with Gasteiger partial charge in [-0.2, -0.15) is 13.2 Å². The van der Waals surface area contributed by atoms with E-state index in [1.807, 2.05) is 55.7 Å². The van der Waals surface area contributed by atoms with Crippen molar-refractivity contribution in [2.75, 3.05) is 19.7 Å². The van der Waals surface area contributed by atoms with E-state index in [1.54, 1.807) is 12.3 Å². The highest BCUT2D eigenvalue weighted by Gasteiger charge is 2.39. The van der Waals surface area contributed by atoms with Crippen molar-refractivity contribution in [3.8, 4) is 11.1 Å². The molecule has 0 unspecified atom stereocenters. The zero-order chi connectivity index (χ0) is 42.4. The zero-order valence-electron chi connectivity index (χ0n) is 31.2. The average Bonchev–Trinajstić information content (AvgIpc) is 3.52. The van der Waals surface area contributed by atoms with Crippen molar-refractivity contribution in [2.45, 2.75) is 83.7 Å². The number of aliphatic hydroxyl groups is 1. The van der Waals surface area contributed by atoms with Crippen LogP contribution in [0.15, 0.2) is 60.8 Å². The molecule has 0 saturated carbocycles. The van der Waals surface area contributed by atoms with Crippen LogP contribution in [0, 0.1) is 17.0 Å². The van der Waals surface area contributed by atoms with Gasteiger partial charge in [0, 0.05) is 55.5 Å². The fourth-order valence-electron chi connectivity index (χ4n) is 5.70. The minimum atomic E-state index is -5.08. The molecule has 13 nitrogen and oxygen atoms in total. The van der Waals surface area contributed by atoms with Crippen LogP contribution in [0.2, 0.25) is 0 Å². The first kappa shape index (κ1) is 47.0. The van der Waals surface area contributed by atoms with Crippen LogP contribution in [0.25, 0.3) is 11.1 Å². The molecule has 3 rings (SSSR count). The highest BCUT2D eigenvalue weighted by molar-refractivity contribution is 5.82. The Balaban J connectivity index is 0.00000141. The van der Waals surface area contributed by atoms with Gasteiger partial charge in [-0.25, -0.2) is 13.6 Å². The Morgan fingerprint density at radius 3 is 2.07 bits per heavy atom. The lowest BCUT2D eigenvalue weighted by molar-refractivity contribution is -0.192. The van der Waals surface area contributed by atoms with E-state index in [4.69, 9.17) is 26.5 Å². The van der Waals surface area contributed by atoms with Crippen LogP contribution in [0.3, 0.4) is 0 Å². The molecule has 56 heavy (non-hydrogen) atoms. The first-order valence-corrected chi connectivity index (χ1v) is 17.5. The van der Waals surface area contributed by atoms with Gasteiger partial charge in [0.2, 0.25) is 11.8 Å². The van der Waals surface area contributed by atoms with Crippen LogP contribution in [0.4, 0.5) is 22.0 Å². The molecule has 0 radical (unpaired) electrons. The molecule has 0 bridgehead atoms. The van der Waals surface area contributed by atoms with Crippen molar-refractivity contribution in [3.63, 3.8) is 0 Å². The van der Waals surface area contributed by atoms with Crippen molar-refractivity contribution >= 4 is 29.5 Å². The number of carboxylic acids is 2. The number of aromatic nitrogens is 1. The van der Waals surface area contributed by atoms with E-state index in [9.17, 15) is 46.2 Å². The largest absolute Gasteiger partial charge is 0.490 e. The van der Waals surface area contributed by atoms with E-state index < -0.39 is 71.7 Å². The van der Waals surface area contributed by atoms with Gasteiger partial charge >= 0.3 is 18.1 Å². The number of halogens is 5. The molecule has 3 atom stereocenters. The first-order chi connectivity index (χ1) is 26.1. The van der Waals surface area contributed by atoms with Gasteiger partial charge in [0.1, 0.15) is 30.1 Å². The van der Waals surface area contributed by atoms with Gasteiger partial charge in [-0.3, -0.25) is 19.2 Å². The van der Waals surface area contributed by atoms with Gasteiger partial charge in [-0.05, 0) is 54.5 Å². The predicted molar refractivity (Wildman–Crippen MR) is 195 cm³/mol. The Kier molecular flexibility index (Phi) is 17.8. The molecule has 0 spiro atoms. The number of aliphatic carboxylic acids is 2. The molecule has 1 aromatic heterocycles. The number of hydrogen-bond donors (Lipinski definition) is 6. The predicted octanol–water partition coefficient (Wildman–Crippen LogP) is 4.40. The van der Waals surface area contributed by atoms with Crippen LogP contribution in [0.5, 0.6) is 0 Å². The van der Waals surface area contributed by atoms with Gasteiger partial charge in [-0.15, -0.1) is 0 Å². The molecule has 2 amide bonds. The van der Waals surface area contributed by atoms with Crippen molar-refractivity contribution < 1.29 is 61.2 Å². The third-order valence-corrected chi connectivity index (χ3v) is 8.48. The Morgan fingerprint density at radius 2 is 1.52 bits per heavy atom. The summed E-state index contributed by atoms with van der Waals surface area (Å²) in [6.07, 6.45) is -2.81. The number of carboxylic acid groups (broad SMARTS) is 2. The molecule has 18 heteroatoms. The number of ketones is 1. The lowest BCUT2D eigenvalue weighted by atomic mass is 9.82. The topological polar surface area (TPSA) is 218 Å². The standard InChI is InChI=1S/C36H47F2N5O6.C2HF3O2/c1-36(2,3)33(31-18-24(27-19-25(37)11-13-28(27)38)21-42(31)20-23-8-5-4-6-9-23)43(32(46)22-44)17-15-29(39)34(47)41-16-7-10-26(45)12-14-30(40)35(48)49;3-2(4,5)1(6)7/h4-6,8-9,11,13,18-19,21,29-30,33,44H,7,10,12,14-17,20,22,39-40H2,1-3H3,(H,41,47)(H,48,49);(H,6,7)/t29-,30-,33-;/m0./s1. The van der Waals surface area contributed by atoms with E-state index in [0.717, 1.165) is 23.8 Å². The van der Waals surface area contributed by atoms with Gasteiger partial charge in [-0.1, -0.05) is 51.1 Å². The van der Waals surface area contributed by atoms with Crippen molar-refractivity contribution in [1.82, 2.24) is 14.8 Å². The summed E-state index contributed by atoms with van der Waals surface area (Å²) < 4.78 is 62.8. The summed E-state index contributed by atoms with van der Waals surface area (Å²) in [5, 5.41) is 28.7. The molecule has 0 aliphatic rings. The second kappa shape index (κ2) is 21.2. The van der Waals surface area contributed by atoms with Crippen LogP contribution in [0.1, 0.15) is 70.2 Å². The van der Waals surface area contributed by atoms with Crippen LogP contribution < -0.4 is 16.8 Å². The maximum Gasteiger partial charge on any atom is 0.490 e. The van der Waals surface area contributed by atoms with Crippen LogP contribution >= 0.6 is 0 Å². The van der Waals surface area contributed by atoms with E-state index >= 15 is 0 Å². The van der Waals surface area contributed by atoms with Gasteiger partial charge in [0.15, 0.2) is 0 Å². The second-order valence-corrected chi connectivity index (χ2v) is 14.0. The number of aliphatic hydroxyl groups excluding tert-OH is 1. The van der Waals surface area contributed by atoms with Gasteiger partial charge < -0.3 is 41.6 Å². The molecule has 0 aliphatic heterocycles. The Hall–Kier alpha value is -5.20. The van der Waals surface area contributed by atoms with E-state index in [2.05, 4.69) is 5.32 Å². The van der Waals surface area contributed by atoms with Crippen LogP contribution in [-0.4, -0.2) is 92.3 Å². The number of rotatable bonds is 18.